The predicted molar refractivity (Wildman–Crippen MR) is 89.8 cm³/mol. The summed E-state index contributed by atoms with van der Waals surface area (Å²) in [4.78, 5) is 6.62. The molecule has 0 saturated heterocycles. The molecule has 0 radical (unpaired) electrons. The quantitative estimate of drug-likeness (QED) is 0.889. The minimum Gasteiger partial charge on any atom is -0.371 e. The van der Waals surface area contributed by atoms with Gasteiger partial charge in [-0.3, -0.25) is 4.72 Å². The Morgan fingerprint density at radius 1 is 1.09 bits per heavy atom. The molecule has 22 heavy (non-hydrogen) atoms. The number of anilines is 2. The highest BCUT2D eigenvalue weighted by atomic mass is 32.2. The lowest BCUT2D eigenvalue weighted by Crippen LogP contribution is -2.22. The van der Waals surface area contributed by atoms with Gasteiger partial charge in [-0.15, -0.1) is 0 Å². The van der Waals surface area contributed by atoms with Crippen LogP contribution in [0, 0.1) is 6.92 Å². The lowest BCUT2D eigenvalue weighted by molar-refractivity contribution is 0.600. The first-order chi connectivity index (χ1) is 10.5. The molecular weight excluding hydrogens is 298 g/mol. The maximum absolute atomic E-state index is 12.4. The summed E-state index contributed by atoms with van der Waals surface area (Å²) in [7, 11) is -3.61. The van der Waals surface area contributed by atoms with Crippen molar-refractivity contribution in [3.8, 4) is 0 Å². The number of nitrogens with zero attached hydrogens (tertiary/aromatic N) is 2. The maximum Gasteiger partial charge on any atom is 0.263 e. The normalized spacial score (nSPS) is 11.2. The highest BCUT2D eigenvalue weighted by molar-refractivity contribution is 7.92. The fourth-order valence-corrected chi connectivity index (χ4v) is 3.53. The van der Waals surface area contributed by atoms with Crippen LogP contribution in [0.3, 0.4) is 0 Å². The molecule has 0 saturated carbocycles. The molecule has 1 aromatic heterocycles. The van der Waals surface area contributed by atoms with Crippen molar-refractivity contribution in [1.29, 1.82) is 0 Å². The average Bonchev–Trinajstić information content (AvgIpc) is 2.50. The Hall–Kier alpha value is -2.08. The van der Waals surface area contributed by atoms with Crippen molar-refractivity contribution in [3.63, 3.8) is 0 Å². The summed E-state index contributed by atoms with van der Waals surface area (Å²) in [5, 5.41) is 0. The van der Waals surface area contributed by atoms with Gasteiger partial charge in [0.1, 0.15) is 5.82 Å². The second kappa shape index (κ2) is 6.79. The van der Waals surface area contributed by atoms with E-state index >= 15 is 0 Å². The highest BCUT2D eigenvalue weighted by Crippen LogP contribution is 2.19. The standard InChI is InChI=1S/C16H21N3O2S/c1-4-19(5-2)14-10-11-16(17-12-14)18-22(20,21)15-9-7-6-8-13(15)3/h6-12H,4-5H2,1-3H3,(H,17,18). The molecule has 0 unspecified atom stereocenters. The molecule has 6 heteroatoms. The van der Waals surface area contributed by atoms with Crippen LogP contribution in [0.4, 0.5) is 11.5 Å². The van der Waals surface area contributed by atoms with Crippen LogP contribution < -0.4 is 9.62 Å². The predicted octanol–water partition coefficient (Wildman–Crippen LogP) is 3.04. The van der Waals surface area contributed by atoms with E-state index in [1.54, 1.807) is 37.4 Å². The number of hydrogen-bond acceptors (Lipinski definition) is 4. The monoisotopic (exact) mass is 319 g/mol. The zero-order valence-corrected chi connectivity index (χ0v) is 13.9. The van der Waals surface area contributed by atoms with E-state index in [2.05, 4.69) is 28.5 Å². The lowest BCUT2D eigenvalue weighted by atomic mass is 10.2. The van der Waals surface area contributed by atoms with Crippen molar-refractivity contribution in [2.24, 2.45) is 0 Å². The Bertz CT molecular complexity index is 723. The molecule has 0 fully saturated rings. The van der Waals surface area contributed by atoms with E-state index in [9.17, 15) is 8.42 Å². The highest BCUT2D eigenvalue weighted by Gasteiger charge is 2.16. The van der Waals surface area contributed by atoms with E-state index in [4.69, 9.17) is 0 Å². The maximum atomic E-state index is 12.4. The van der Waals surface area contributed by atoms with Crippen LogP contribution in [0.2, 0.25) is 0 Å². The molecule has 5 nitrogen and oxygen atoms in total. The molecule has 1 aromatic carbocycles. The zero-order chi connectivity index (χ0) is 16.2. The Morgan fingerprint density at radius 3 is 2.32 bits per heavy atom. The van der Waals surface area contributed by atoms with Gasteiger partial charge in [0.15, 0.2) is 0 Å². The Balaban J connectivity index is 2.22. The van der Waals surface area contributed by atoms with Gasteiger partial charge in [0.2, 0.25) is 0 Å². The minimum absolute atomic E-state index is 0.268. The first-order valence-electron chi connectivity index (χ1n) is 7.27. The smallest absolute Gasteiger partial charge is 0.263 e. The van der Waals surface area contributed by atoms with Crippen LogP contribution in [-0.4, -0.2) is 26.5 Å². The Labute approximate surface area is 132 Å². The SMILES string of the molecule is CCN(CC)c1ccc(NS(=O)(=O)c2ccccc2C)nc1. The molecule has 0 atom stereocenters. The van der Waals surface area contributed by atoms with Crippen LogP contribution in [0.25, 0.3) is 0 Å². The molecule has 0 aliphatic heterocycles. The van der Waals surface area contributed by atoms with Gasteiger partial charge in [-0.25, -0.2) is 13.4 Å². The Kier molecular flexibility index (Phi) is 5.03. The van der Waals surface area contributed by atoms with Crippen molar-refractivity contribution >= 4 is 21.5 Å². The number of benzene rings is 1. The van der Waals surface area contributed by atoms with Gasteiger partial charge in [0.25, 0.3) is 10.0 Å². The van der Waals surface area contributed by atoms with Gasteiger partial charge in [0, 0.05) is 13.1 Å². The lowest BCUT2D eigenvalue weighted by Gasteiger charge is -2.20. The molecule has 0 amide bonds. The summed E-state index contributed by atoms with van der Waals surface area (Å²) < 4.78 is 27.3. The van der Waals surface area contributed by atoms with Crippen molar-refractivity contribution < 1.29 is 8.42 Å². The van der Waals surface area contributed by atoms with E-state index in [-0.39, 0.29) is 4.90 Å². The van der Waals surface area contributed by atoms with Crippen LogP contribution in [0.1, 0.15) is 19.4 Å². The number of hydrogen-bond donors (Lipinski definition) is 1. The van der Waals surface area contributed by atoms with E-state index in [1.807, 2.05) is 12.1 Å². The molecule has 0 aliphatic carbocycles. The molecule has 1 N–H and O–H groups in total. The molecule has 1 heterocycles. The van der Waals surface area contributed by atoms with Crippen molar-refractivity contribution in [2.75, 3.05) is 22.7 Å². The summed E-state index contributed by atoms with van der Waals surface area (Å²) in [6.07, 6.45) is 1.68. The largest absolute Gasteiger partial charge is 0.371 e. The summed E-state index contributed by atoms with van der Waals surface area (Å²) >= 11 is 0. The van der Waals surface area contributed by atoms with E-state index in [0.717, 1.165) is 18.8 Å². The van der Waals surface area contributed by atoms with Crippen LogP contribution >= 0.6 is 0 Å². The number of sulfonamides is 1. The summed E-state index contributed by atoms with van der Waals surface area (Å²) in [5.74, 6) is 0.319. The Morgan fingerprint density at radius 2 is 1.77 bits per heavy atom. The number of aromatic nitrogens is 1. The molecule has 0 bridgehead atoms. The zero-order valence-electron chi connectivity index (χ0n) is 13.1. The summed E-state index contributed by atoms with van der Waals surface area (Å²) in [6.45, 7) is 7.67. The third-order valence-corrected chi connectivity index (χ3v) is 5.01. The third kappa shape index (κ3) is 3.57. The van der Waals surface area contributed by atoms with Gasteiger partial charge in [-0.2, -0.15) is 0 Å². The van der Waals surface area contributed by atoms with E-state index in [0.29, 0.717) is 11.4 Å². The number of pyridine rings is 1. The van der Waals surface area contributed by atoms with Crippen molar-refractivity contribution in [1.82, 2.24) is 4.98 Å². The second-order valence-electron chi connectivity index (χ2n) is 4.94. The van der Waals surface area contributed by atoms with Gasteiger partial charge >= 0.3 is 0 Å². The van der Waals surface area contributed by atoms with Gasteiger partial charge < -0.3 is 4.90 Å². The third-order valence-electron chi connectivity index (χ3n) is 3.50. The number of nitrogens with one attached hydrogen (secondary N) is 1. The van der Waals surface area contributed by atoms with Crippen LogP contribution in [0.5, 0.6) is 0 Å². The fraction of sp³-hybridized carbons (Fsp3) is 0.312. The van der Waals surface area contributed by atoms with Gasteiger partial charge in [-0.05, 0) is 44.5 Å². The first kappa shape index (κ1) is 16.3. The summed E-state index contributed by atoms with van der Waals surface area (Å²) in [6, 6.07) is 10.4. The second-order valence-corrected chi connectivity index (χ2v) is 6.60. The molecule has 118 valence electrons. The minimum atomic E-state index is -3.61. The van der Waals surface area contributed by atoms with Crippen LogP contribution in [-0.2, 0) is 10.0 Å². The van der Waals surface area contributed by atoms with Crippen molar-refractivity contribution in [3.05, 3.63) is 48.2 Å². The average molecular weight is 319 g/mol. The van der Waals surface area contributed by atoms with Crippen molar-refractivity contribution in [2.45, 2.75) is 25.7 Å². The van der Waals surface area contributed by atoms with E-state index < -0.39 is 10.0 Å². The molecular formula is C16H21N3O2S. The van der Waals surface area contributed by atoms with Gasteiger partial charge in [0.05, 0.1) is 16.8 Å². The van der Waals surface area contributed by atoms with Crippen LogP contribution in [0.15, 0.2) is 47.5 Å². The molecule has 2 rings (SSSR count). The topological polar surface area (TPSA) is 62.3 Å². The van der Waals surface area contributed by atoms with E-state index in [1.165, 1.54) is 0 Å². The molecule has 0 spiro atoms. The van der Waals surface area contributed by atoms with Gasteiger partial charge in [-0.1, -0.05) is 18.2 Å². The first-order valence-corrected chi connectivity index (χ1v) is 8.75. The number of rotatable bonds is 6. The number of aryl methyl sites for hydroxylation is 1. The fourth-order valence-electron chi connectivity index (χ4n) is 2.27. The molecule has 0 aliphatic rings. The molecule has 2 aromatic rings. The summed E-state index contributed by atoms with van der Waals surface area (Å²) in [5.41, 5.74) is 1.68.